The molecule has 0 bridgehead atoms. The Hall–Kier alpha value is -1.51. The Bertz CT molecular complexity index is 564. The highest BCUT2D eigenvalue weighted by molar-refractivity contribution is 6.30. The summed E-state index contributed by atoms with van der Waals surface area (Å²) in [7, 11) is 0. The average molecular weight is 308 g/mol. The third-order valence-corrected chi connectivity index (χ3v) is 3.51. The van der Waals surface area contributed by atoms with Gasteiger partial charge in [-0.25, -0.2) is 0 Å². The second-order valence-corrected chi connectivity index (χ2v) is 5.23. The fraction of sp³-hybridized carbons (Fsp3) is 0.188. The quantitative estimate of drug-likeness (QED) is 0.833. The van der Waals surface area contributed by atoms with Crippen LogP contribution in [0.1, 0.15) is 16.7 Å². The molecule has 0 saturated heterocycles. The molecule has 0 heterocycles. The minimum atomic E-state index is -0.00579. The van der Waals surface area contributed by atoms with Crippen molar-refractivity contribution in [3.63, 3.8) is 0 Å². The van der Waals surface area contributed by atoms with Crippen molar-refractivity contribution >= 4 is 29.1 Å². The van der Waals surface area contributed by atoms with E-state index in [1.54, 1.807) is 12.1 Å². The molecular formula is C16H15Cl2NO. The van der Waals surface area contributed by atoms with Gasteiger partial charge in [-0.1, -0.05) is 48.0 Å². The Morgan fingerprint density at radius 2 is 1.45 bits per heavy atom. The Morgan fingerprint density at radius 1 is 0.900 bits per heavy atom. The van der Waals surface area contributed by atoms with Crippen molar-refractivity contribution in [3.8, 4) is 0 Å². The fourth-order valence-electron chi connectivity index (χ4n) is 1.80. The summed E-state index contributed by atoms with van der Waals surface area (Å²) in [4.78, 5) is 11.8. The molecule has 0 aliphatic carbocycles. The first-order valence-corrected chi connectivity index (χ1v) is 7.23. The Morgan fingerprint density at radius 3 is 2.05 bits per heavy atom. The van der Waals surface area contributed by atoms with Gasteiger partial charge in [0.2, 0.25) is 5.91 Å². The number of nitrogens with one attached hydrogen (secondary N) is 1. The molecule has 0 fully saturated rings. The summed E-state index contributed by atoms with van der Waals surface area (Å²) in [5.74, 6) is 0.497. The average Bonchev–Trinajstić information content (AvgIpc) is 2.48. The second-order valence-electron chi connectivity index (χ2n) is 4.53. The van der Waals surface area contributed by atoms with E-state index in [4.69, 9.17) is 23.2 Å². The van der Waals surface area contributed by atoms with Crippen LogP contribution in [0.25, 0.3) is 0 Å². The van der Waals surface area contributed by atoms with Crippen molar-refractivity contribution < 1.29 is 4.79 Å². The lowest BCUT2D eigenvalue weighted by atomic mass is 10.1. The summed E-state index contributed by atoms with van der Waals surface area (Å²) in [5.41, 5.74) is 3.08. The van der Waals surface area contributed by atoms with Gasteiger partial charge in [-0.2, -0.15) is 0 Å². The standard InChI is InChI=1S/C16H15Cl2NO/c17-10-13-1-3-14(4-2-13)11-19-16(20)9-12-5-7-15(18)8-6-12/h1-8H,9-11H2,(H,19,20). The first-order chi connectivity index (χ1) is 9.67. The summed E-state index contributed by atoms with van der Waals surface area (Å²) in [6.07, 6.45) is 0.358. The second kappa shape index (κ2) is 7.32. The number of alkyl halides is 1. The van der Waals surface area contributed by atoms with Gasteiger partial charge < -0.3 is 5.32 Å². The first kappa shape index (κ1) is 14.9. The molecule has 0 radical (unpaired) electrons. The normalized spacial score (nSPS) is 10.3. The van der Waals surface area contributed by atoms with E-state index < -0.39 is 0 Å². The maximum absolute atomic E-state index is 11.8. The van der Waals surface area contributed by atoms with Crippen molar-refractivity contribution in [1.29, 1.82) is 0 Å². The molecule has 2 nitrogen and oxygen atoms in total. The van der Waals surface area contributed by atoms with Gasteiger partial charge in [-0.15, -0.1) is 11.6 Å². The van der Waals surface area contributed by atoms with Gasteiger partial charge in [-0.3, -0.25) is 4.79 Å². The first-order valence-electron chi connectivity index (χ1n) is 6.32. The van der Waals surface area contributed by atoms with Crippen LogP contribution in [-0.2, 0) is 23.6 Å². The summed E-state index contributed by atoms with van der Waals surface area (Å²) in [5, 5.41) is 3.57. The van der Waals surface area contributed by atoms with Crippen molar-refractivity contribution in [3.05, 3.63) is 70.2 Å². The smallest absolute Gasteiger partial charge is 0.224 e. The van der Waals surface area contributed by atoms with E-state index in [1.807, 2.05) is 36.4 Å². The van der Waals surface area contributed by atoms with Crippen LogP contribution in [-0.4, -0.2) is 5.91 Å². The molecule has 0 spiro atoms. The van der Waals surface area contributed by atoms with E-state index in [2.05, 4.69) is 5.32 Å². The Labute approximate surface area is 128 Å². The van der Waals surface area contributed by atoms with Gasteiger partial charge in [-0.05, 0) is 28.8 Å². The molecule has 0 aliphatic rings. The zero-order valence-electron chi connectivity index (χ0n) is 10.9. The van der Waals surface area contributed by atoms with Crippen molar-refractivity contribution in [1.82, 2.24) is 5.32 Å². The zero-order chi connectivity index (χ0) is 14.4. The number of hydrogen-bond donors (Lipinski definition) is 1. The Kier molecular flexibility index (Phi) is 5.45. The molecule has 0 saturated carbocycles. The largest absolute Gasteiger partial charge is 0.352 e. The van der Waals surface area contributed by atoms with E-state index in [0.29, 0.717) is 23.9 Å². The van der Waals surface area contributed by atoms with Crippen LogP contribution in [0.5, 0.6) is 0 Å². The number of benzene rings is 2. The third-order valence-electron chi connectivity index (χ3n) is 2.94. The maximum atomic E-state index is 11.8. The van der Waals surface area contributed by atoms with Crippen LogP contribution in [0.4, 0.5) is 0 Å². The molecule has 2 aromatic rings. The number of rotatable bonds is 5. The topological polar surface area (TPSA) is 29.1 Å². The van der Waals surface area contributed by atoms with Crippen LogP contribution in [0, 0.1) is 0 Å². The van der Waals surface area contributed by atoms with Crippen LogP contribution in [0.2, 0.25) is 5.02 Å². The Balaban J connectivity index is 1.83. The van der Waals surface area contributed by atoms with Crippen molar-refractivity contribution in [2.45, 2.75) is 18.8 Å². The highest BCUT2D eigenvalue weighted by Gasteiger charge is 2.03. The van der Waals surface area contributed by atoms with Crippen LogP contribution >= 0.6 is 23.2 Å². The predicted molar refractivity (Wildman–Crippen MR) is 83.0 cm³/mol. The molecule has 2 aromatic carbocycles. The van der Waals surface area contributed by atoms with Gasteiger partial charge in [0.15, 0.2) is 0 Å². The summed E-state index contributed by atoms with van der Waals surface area (Å²) in [6, 6.07) is 15.2. The lowest BCUT2D eigenvalue weighted by Crippen LogP contribution is -2.24. The number of hydrogen-bond acceptors (Lipinski definition) is 1. The van der Waals surface area contributed by atoms with E-state index in [0.717, 1.165) is 16.7 Å². The van der Waals surface area contributed by atoms with E-state index >= 15 is 0 Å². The van der Waals surface area contributed by atoms with Gasteiger partial charge in [0.1, 0.15) is 0 Å². The zero-order valence-corrected chi connectivity index (χ0v) is 12.4. The molecule has 104 valence electrons. The summed E-state index contributed by atoms with van der Waals surface area (Å²) >= 11 is 11.5. The third kappa shape index (κ3) is 4.55. The van der Waals surface area contributed by atoms with Gasteiger partial charge in [0, 0.05) is 17.4 Å². The lowest BCUT2D eigenvalue weighted by molar-refractivity contribution is -0.120. The fourth-order valence-corrected chi connectivity index (χ4v) is 2.10. The minimum Gasteiger partial charge on any atom is -0.352 e. The highest BCUT2D eigenvalue weighted by atomic mass is 35.5. The summed E-state index contributed by atoms with van der Waals surface area (Å²) in [6.45, 7) is 0.523. The molecule has 2 rings (SSSR count). The number of carbonyl (C=O) groups is 1. The molecule has 0 aromatic heterocycles. The molecule has 1 N–H and O–H groups in total. The SMILES string of the molecule is O=C(Cc1ccc(Cl)cc1)NCc1ccc(CCl)cc1. The minimum absolute atomic E-state index is 0.00579. The van der Waals surface area contributed by atoms with Crippen molar-refractivity contribution in [2.75, 3.05) is 0 Å². The van der Waals surface area contributed by atoms with Crippen LogP contribution in [0.15, 0.2) is 48.5 Å². The number of carbonyl (C=O) groups excluding carboxylic acids is 1. The monoisotopic (exact) mass is 307 g/mol. The predicted octanol–water partition coefficient (Wildman–Crippen LogP) is 3.94. The molecule has 0 unspecified atom stereocenters. The number of amides is 1. The molecular weight excluding hydrogens is 293 g/mol. The van der Waals surface area contributed by atoms with Crippen LogP contribution < -0.4 is 5.32 Å². The van der Waals surface area contributed by atoms with Gasteiger partial charge in [0.25, 0.3) is 0 Å². The molecule has 0 aliphatic heterocycles. The van der Waals surface area contributed by atoms with E-state index in [9.17, 15) is 4.79 Å². The highest BCUT2D eigenvalue weighted by Crippen LogP contribution is 2.10. The molecule has 4 heteroatoms. The van der Waals surface area contributed by atoms with Gasteiger partial charge >= 0.3 is 0 Å². The lowest BCUT2D eigenvalue weighted by Gasteiger charge is -2.06. The van der Waals surface area contributed by atoms with E-state index in [1.165, 1.54) is 0 Å². The van der Waals surface area contributed by atoms with Crippen LogP contribution in [0.3, 0.4) is 0 Å². The molecule has 20 heavy (non-hydrogen) atoms. The van der Waals surface area contributed by atoms with Crippen molar-refractivity contribution in [2.24, 2.45) is 0 Å². The summed E-state index contributed by atoms with van der Waals surface area (Å²) < 4.78 is 0. The molecule has 0 atom stereocenters. The molecule has 1 amide bonds. The number of halogens is 2. The maximum Gasteiger partial charge on any atom is 0.224 e. The van der Waals surface area contributed by atoms with E-state index in [-0.39, 0.29) is 5.91 Å². The van der Waals surface area contributed by atoms with Gasteiger partial charge in [0.05, 0.1) is 6.42 Å².